The zero-order valence-electron chi connectivity index (χ0n) is 9.12. The van der Waals surface area contributed by atoms with Gasteiger partial charge in [-0.05, 0) is 25.1 Å². The van der Waals surface area contributed by atoms with Gasteiger partial charge in [0.2, 0.25) is 0 Å². The summed E-state index contributed by atoms with van der Waals surface area (Å²) in [5, 5.41) is 4.31. The number of fused-ring (bicyclic) bond motifs is 1. The number of aromatic nitrogens is 1. The second-order valence-electron chi connectivity index (χ2n) is 3.71. The van der Waals surface area contributed by atoms with Crippen LogP contribution in [0.3, 0.4) is 0 Å². The Morgan fingerprint density at radius 2 is 2.00 bits per heavy atom. The molecule has 2 aromatic rings. The van der Waals surface area contributed by atoms with Gasteiger partial charge in [0, 0.05) is 11.9 Å². The van der Waals surface area contributed by atoms with Gasteiger partial charge in [-0.1, -0.05) is 24.3 Å². The number of nitrogens with one attached hydrogen (secondary N) is 1. The maximum atomic E-state index is 11.9. The lowest BCUT2D eigenvalue weighted by Crippen LogP contribution is -2.15. The molecule has 0 saturated carbocycles. The predicted octanol–water partition coefficient (Wildman–Crippen LogP) is 2.68. The van der Waals surface area contributed by atoms with Crippen LogP contribution in [0.5, 0.6) is 0 Å². The number of rotatable bonds is 5. The van der Waals surface area contributed by atoms with Gasteiger partial charge < -0.3 is 5.32 Å². The quantitative estimate of drug-likeness (QED) is 0.780. The van der Waals surface area contributed by atoms with E-state index in [1.165, 1.54) is 0 Å². The van der Waals surface area contributed by atoms with Gasteiger partial charge in [0.05, 0.1) is 17.9 Å². The minimum absolute atomic E-state index is 0.266. The normalized spacial score (nSPS) is 10.8. The molecule has 0 saturated heterocycles. The topological polar surface area (TPSA) is 24.9 Å². The molecule has 1 heterocycles. The molecule has 0 atom stereocenters. The minimum Gasteiger partial charge on any atom is -0.311 e. The molecule has 84 valence electrons. The molecule has 2 rings (SSSR count). The van der Waals surface area contributed by atoms with Crippen molar-refractivity contribution < 1.29 is 4.39 Å². The number of pyridine rings is 1. The largest absolute Gasteiger partial charge is 0.311 e. The summed E-state index contributed by atoms with van der Waals surface area (Å²) in [6.45, 7) is 1.13. The number of para-hydroxylation sites is 1. The summed E-state index contributed by atoms with van der Waals surface area (Å²) >= 11 is 0. The number of benzene rings is 1. The Balaban J connectivity index is 2.02. The van der Waals surface area contributed by atoms with E-state index in [2.05, 4.69) is 16.4 Å². The number of hydrogen-bond acceptors (Lipinski definition) is 2. The average Bonchev–Trinajstić information content (AvgIpc) is 2.34. The Hall–Kier alpha value is -1.48. The molecule has 1 aromatic heterocycles. The molecular weight excluding hydrogens is 203 g/mol. The van der Waals surface area contributed by atoms with Crippen LogP contribution >= 0.6 is 0 Å². The van der Waals surface area contributed by atoms with Crippen molar-refractivity contribution in [3.63, 3.8) is 0 Å². The van der Waals surface area contributed by atoms with Gasteiger partial charge in [-0.25, -0.2) is 0 Å². The third-order valence-electron chi connectivity index (χ3n) is 2.45. The standard InChI is InChI=1S/C13H15FN2/c14-8-3-9-15-10-12-7-6-11-4-1-2-5-13(11)16-12/h1-2,4-7,15H,3,8-10H2. The summed E-state index contributed by atoms with van der Waals surface area (Å²) in [4.78, 5) is 4.52. The molecular formula is C13H15FN2. The van der Waals surface area contributed by atoms with E-state index < -0.39 is 0 Å². The summed E-state index contributed by atoms with van der Waals surface area (Å²) in [5.41, 5.74) is 2.00. The molecule has 0 radical (unpaired) electrons. The van der Waals surface area contributed by atoms with Crippen molar-refractivity contribution in [2.75, 3.05) is 13.2 Å². The molecule has 0 bridgehead atoms. The molecule has 0 amide bonds. The van der Waals surface area contributed by atoms with E-state index in [-0.39, 0.29) is 6.67 Å². The molecule has 1 N–H and O–H groups in total. The number of hydrogen-bond donors (Lipinski definition) is 1. The third-order valence-corrected chi connectivity index (χ3v) is 2.45. The first-order chi connectivity index (χ1) is 7.90. The van der Waals surface area contributed by atoms with Crippen LogP contribution in [0.25, 0.3) is 10.9 Å². The lowest BCUT2D eigenvalue weighted by atomic mass is 10.2. The van der Waals surface area contributed by atoms with Crippen molar-refractivity contribution in [1.29, 1.82) is 0 Å². The van der Waals surface area contributed by atoms with Crippen LogP contribution < -0.4 is 5.32 Å². The third kappa shape index (κ3) is 2.76. The lowest BCUT2D eigenvalue weighted by Gasteiger charge is -2.04. The molecule has 2 nitrogen and oxygen atoms in total. The Morgan fingerprint density at radius 3 is 2.88 bits per heavy atom. The van der Waals surface area contributed by atoms with Gasteiger partial charge in [-0.15, -0.1) is 0 Å². The Kier molecular flexibility index (Phi) is 3.83. The fourth-order valence-corrected chi connectivity index (χ4v) is 1.61. The van der Waals surface area contributed by atoms with E-state index in [1.54, 1.807) is 0 Å². The van der Waals surface area contributed by atoms with Gasteiger partial charge in [0.25, 0.3) is 0 Å². The van der Waals surface area contributed by atoms with Crippen molar-refractivity contribution in [1.82, 2.24) is 10.3 Å². The van der Waals surface area contributed by atoms with Crippen LogP contribution in [0.4, 0.5) is 4.39 Å². The number of alkyl halides is 1. The van der Waals surface area contributed by atoms with E-state index >= 15 is 0 Å². The highest BCUT2D eigenvalue weighted by atomic mass is 19.1. The predicted molar refractivity (Wildman–Crippen MR) is 64.0 cm³/mol. The van der Waals surface area contributed by atoms with E-state index in [4.69, 9.17) is 0 Å². The Morgan fingerprint density at radius 1 is 1.12 bits per heavy atom. The molecule has 1 aromatic carbocycles. The van der Waals surface area contributed by atoms with E-state index in [0.29, 0.717) is 19.5 Å². The fraction of sp³-hybridized carbons (Fsp3) is 0.308. The van der Waals surface area contributed by atoms with E-state index in [0.717, 1.165) is 16.6 Å². The van der Waals surface area contributed by atoms with Crippen LogP contribution in [0.15, 0.2) is 36.4 Å². The highest BCUT2D eigenvalue weighted by molar-refractivity contribution is 5.78. The molecule has 0 unspecified atom stereocenters. The summed E-state index contributed by atoms with van der Waals surface area (Å²) in [7, 11) is 0. The zero-order valence-corrected chi connectivity index (χ0v) is 9.12. The Labute approximate surface area is 94.5 Å². The Bertz CT molecular complexity index is 456. The first kappa shape index (κ1) is 11.0. The average molecular weight is 218 g/mol. The molecule has 3 heteroatoms. The number of halogens is 1. The number of nitrogens with zero attached hydrogens (tertiary/aromatic N) is 1. The molecule has 0 spiro atoms. The molecule has 0 aliphatic carbocycles. The first-order valence-corrected chi connectivity index (χ1v) is 5.51. The summed E-state index contributed by atoms with van der Waals surface area (Å²) in [6, 6.07) is 12.1. The van der Waals surface area contributed by atoms with Crippen molar-refractivity contribution in [2.24, 2.45) is 0 Å². The van der Waals surface area contributed by atoms with Gasteiger partial charge in [0.1, 0.15) is 0 Å². The lowest BCUT2D eigenvalue weighted by molar-refractivity contribution is 0.458. The summed E-state index contributed by atoms with van der Waals surface area (Å²) in [6.07, 6.45) is 0.563. The smallest absolute Gasteiger partial charge is 0.0906 e. The molecule has 0 aliphatic heterocycles. The van der Waals surface area contributed by atoms with Gasteiger partial charge in [-0.2, -0.15) is 0 Å². The second kappa shape index (κ2) is 5.56. The van der Waals surface area contributed by atoms with Crippen molar-refractivity contribution in [2.45, 2.75) is 13.0 Å². The van der Waals surface area contributed by atoms with Crippen LogP contribution in [-0.4, -0.2) is 18.2 Å². The highest BCUT2D eigenvalue weighted by Gasteiger charge is 1.97. The van der Waals surface area contributed by atoms with Crippen LogP contribution in [0, 0.1) is 0 Å². The fourth-order valence-electron chi connectivity index (χ4n) is 1.61. The van der Waals surface area contributed by atoms with E-state index in [1.807, 2.05) is 30.3 Å². The summed E-state index contributed by atoms with van der Waals surface area (Å²) in [5.74, 6) is 0. The zero-order chi connectivity index (χ0) is 11.2. The molecule has 0 aliphatic rings. The molecule has 16 heavy (non-hydrogen) atoms. The van der Waals surface area contributed by atoms with Crippen LogP contribution in [0.2, 0.25) is 0 Å². The first-order valence-electron chi connectivity index (χ1n) is 5.51. The highest BCUT2D eigenvalue weighted by Crippen LogP contribution is 2.11. The van der Waals surface area contributed by atoms with Gasteiger partial charge in [0.15, 0.2) is 0 Å². The van der Waals surface area contributed by atoms with Gasteiger partial charge >= 0.3 is 0 Å². The maximum Gasteiger partial charge on any atom is 0.0906 e. The van der Waals surface area contributed by atoms with Crippen LogP contribution in [-0.2, 0) is 6.54 Å². The van der Waals surface area contributed by atoms with E-state index in [9.17, 15) is 4.39 Å². The monoisotopic (exact) mass is 218 g/mol. The van der Waals surface area contributed by atoms with Crippen molar-refractivity contribution >= 4 is 10.9 Å². The van der Waals surface area contributed by atoms with Crippen LogP contribution in [0.1, 0.15) is 12.1 Å². The maximum absolute atomic E-state index is 11.9. The SMILES string of the molecule is FCCCNCc1ccc2ccccc2n1. The minimum atomic E-state index is -0.266. The second-order valence-corrected chi connectivity index (χ2v) is 3.71. The molecule has 0 fully saturated rings. The summed E-state index contributed by atoms with van der Waals surface area (Å²) < 4.78 is 11.9. The van der Waals surface area contributed by atoms with Crippen molar-refractivity contribution in [3.05, 3.63) is 42.1 Å². The van der Waals surface area contributed by atoms with Crippen molar-refractivity contribution in [3.8, 4) is 0 Å². The van der Waals surface area contributed by atoms with Gasteiger partial charge in [-0.3, -0.25) is 9.37 Å².